The van der Waals surface area contributed by atoms with Crippen molar-refractivity contribution in [3.63, 3.8) is 0 Å². The lowest BCUT2D eigenvalue weighted by molar-refractivity contribution is -0.130. The molecule has 1 aliphatic rings. The number of thiophene rings is 1. The number of benzene rings is 1. The minimum atomic E-state index is 0.215. The maximum Gasteiger partial charge on any atom is 0.224 e. The third kappa shape index (κ3) is 4.50. The predicted molar refractivity (Wildman–Crippen MR) is 97.6 cm³/mol. The molecule has 0 unspecified atom stereocenters. The Morgan fingerprint density at radius 3 is 2.79 bits per heavy atom. The second-order valence-corrected chi connectivity index (χ2v) is 7.70. The number of halogens is 1. The van der Waals surface area contributed by atoms with Crippen LogP contribution >= 0.6 is 22.9 Å². The van der Waals surface area contributed by atoms with Crippen LogP contribution in [0.4, 0.5) is 0 Å². The van der Waals surface area contributed by atoms with Crippen LogP contribution < -0.4 is 4.74 Å². The maximum atomic E-state index is 12.4. The number of methoxy groups -OCH3 is 1. The Kier molecular flexibility index (Phi) is 5.76. The Labute approximate surface area is 151 Å². The van der Waals surface area contributed by atoms with Gasteiger partial charge in [-0.2, -0.15) is 0 Å². The molecule has 24 heavy (non-hydrogen) atoms. The van der Waals surface area contributed by atoms with Gasteiger partial charge < -0.3 is 9.64 Å². The van der Waals surface area contributed by atoms with Gasteiger partial charge in [0.25, 0.3) is 0 Å². The van der Waals surface area contributed by atoms with Gasteiger partial charge in [-0.15, -0.1) is 11.3 Å². The van der Waals surface area contributed by atoms with Gasteiger partial charge in [-0.25, -0.2) is 0 Å². The average molecular weight is 365 g/mol. The largest absolute Gasteiger partial charge is 0.497 e. The van der Waals surface area contributed by atoms with Crippen molar-refractivity contribution in [1.82, 2.24) is 9.80 Å². The van der Waals surface area contributed by atoms with Crippen LogP contribution in [0.3, 0.4) is 0 Å². The summed E-state index contributed by atoms with van der Waals surface area (Å²) in [7, 11) is 1.68. The maximum absolute atomic E-state index is 12.4. The highest BCUT2D eigenvalue weighted by molar-refractivity contribution is 7.16. The quantitative estimate of drug-likeness (QED) is 0.812. The van der Waals surface area contributed by atoms with Gasteiger partial charge in [0.1, 0.15) is 5.75 Å². The number of rotatable bonds is 5. The molecule has 0 bridgehead atoms. The van der Waals surface area contributed by atoms with Gasteiger partial charge in [0.2, 0.25) is 5.91 Å². The molecule has 1 aliphatic heterocycles. The molecular formula is C18H21ClN2O2S. The zero-order valence-electron chi connectivity index (χ0n) is 13.7. The third-order valence-corrected chi connectivity index (χ3v) is 5.41. The van der Waals surface area contributed by atoms with E-state index in [1.807, 2.05) is 29.2 Å². The molecule has 2 heterocycles. The smallest absolute Gasteiger partial charge is 0.224 e. The van der Waals surface area contributed by atoms with Gasteiger partial charge in [0.05, 0.1) is 18.0 Å². The molecule has 1 aromatic heterocycles. The Bertz CT molecular complexity index is 704. The van der Waals surface area contributed by atoms with Crippen LogP contribution in [-0.2, 0) is 17.9 Å². The number of carbonyl (C=O) groups is 1. The van der Waals surface area contributed by atoms with Gasteiger partial charge in [-0.1, -0.05) is 23.7 Å². The summed E-state index contributed by atoms with van der Waals surface area (Å²) in [6.45, 7) is 3.91. The van der Waals surface area contributed by atoms with Crippen molar-refractivity contribution in [1.29, 1.82) is 0 Å². The monoisotopic (exact) mass is 364 g/mol. The van der Waals surface area contributed by atoms with Crippen molar-refractivity contribution in [3.05, 3.63) is 51.2 Å². The molecule has 2 aromatic rings. The second-order valence-electron chi connectivity index (χ2n) is 5.90. The normalized spacial score (nSPS) is 16.2. The molecular weight excluding hydrogens is 344 g/mol. The molecule has 0 aliphatic carbocycles. The lowest BCUT2D eigenvalue weighted by Crippen LogP contribution is -2.32. The first kappa shape index (κ1) is 17.3. The highest BCUT2D eigenvalue weighted by Gasteiger charge is 2.21. The van der Waals surface area contributed by atoms with Crippen LogP contribution in [0, 0.1) is 0 Å². The number of amides is 1. The van der Waals surface area contributed by atoms with Crippen LogP contribution in [0.1, 0.15) is 16.9 Å². The van der Waals surface area contributed by atoms with Crippen LogP contribution in [0.25, 0.3) is 0 Å². The summed E-state index contributed by atoms with van der Waals surface area (Å²) >= 11 is 7.52. The number of nitrogens with zero attached hydrogens (tertiary/aromatic N) is 2. The summed E-state index contributed by atoms with van der Waals surface area (Å²) in [4.78, 5) is 17.8. The van der Waals surface area contributed by atoms with E-state index >= 15 is 0 Å². The lowest BCUT2D eigenvalue weighted by atomic mass is 10.2. The molecule has 0 N–H and O–H groups in total. The standard InChI is InChI=1S/C18H21ClN2O2S/c1-23-15-4-2-3-14(11-15)12-20-8-7-18(22)21(10-9-20)13-16-5-6-17(19)24-16/h2-6,11H,7-10,12-13H2,1H3. The number of hydrogen-bond acceptors (Lipinski definition) is 4. The Hall–Kier alpha value is -1.56. The fraction of sp³-hybridized carbons (Fsp3) is 0.389. The molecule has 128 valence electrons. The molecule has 0 saturated carbocycles. The molecule has 1 aromatic carbocycles. The fourth-order valence-corrected chi connectivity index (χ4v) is 3.99. The Morgan fingerprint density at radius 1 is 1.17 bits per heavy atom. The highest BCUT2D eigenvalue weighted by atomic mass is 35.5. The van der Waals surface area contributed by atoms with Crippen molar-refractivity contribution >= 4 is 28.8 Å². The summed E-state index contributed by atoms with van der Waals surface area (Å²) in [6, 6.07) is 12.0. The SMILES string of the molecule is COc1cccc(CN2CCC(=O)N(Cc3ccc(Cl)s3)CC2)c1. The number of hydrogen-bond donors (Lipinski definition) is 0. The van der Waals surface area contributed by atoms with E-state index in [0.717, 1.165) is 41.1 Å². The molecule has 1 amide bonds. The summed E-state index contributed by atoms with van der Waals surface area (Å²) < 4.78 is 6.05. The van der Waals surface area contributed by atoms with Gasteiger partial charge in [0, 0.05) is 37.5 Å². The molecule has 0 atom stereocenters. The second kappa shape index (κ2) is 8.01. The van der Waals surface area contributed by atoms with Crippen molar-refractivity contribution in [2.24, 2.45) is 0 Å². The van der Waals surface area contributed by atoms with E-state index in [4.69, 9.17) is 16.3 Å². The highest BCUT2D eigenvalue weighted by Crippen LogP contribution is 2.23. The Morgan fingerprint density at radius 2 is 2.04 bits per heavy atom. The van der Waals surface area contributed by atoms with Crippen LogP contribution in [0.5, 0.6) is 5.75 Å². The summed E-state index contributed by atoms with van der Waals surface area (Å²) in [5, 5.41) is 0. The molecule has 0 radical (unpaired) electrons. The zero-order chi connectivity index (χ0) is 16.9. The van der Waals surface area contributed by atoms with E-state index in [9.17, 15) is 4.79 Å². The van der Waals surface area contributed by atoms with Crippen molar-refractivity contribution in [2.45, 2.75) is 19.5 Å². The van der Waals surface area contributed by atoms with Crippen molar-refractivity contribution in [2.75, 3.05) is 26.7 Å². The summed E-state index contributed by atoms with van der Waals surface area (Å²) in [5.74, 6) is 1.09. The molecule has 3 rings (SSSR count). The van der Waals surface area contributed by atoms with Crippen molar-refractivity contribution < 1.29 is 9.53 Å². The topological polar surface area (TPSA) is 32.8 Å². The third-order valence-electron chi connectivity index (χ3n) is 4.20. The minimum Gasteiger partial charge on any atom is -0.497 e. The summed E-state index contributed by atoms with van der Waals surface area (Å²) in [6.07, 6.45) is 0.559. The first-order chi connectivity index (χ1) is 11.6. The van der Waals surface area contributed by atoms with E-state index in [-0.39, 0.29) is 5.91 Å². The van der Waals surface area contributed by atoms with Crippen LogP contribution in [0.2, 0.25) is 4.34 Å². The molecule has 0 spiro atoms. The van der Waals surface area contributed by atoms with E-state index in [1.165, 1.54) is 5.56 Å². The van der Waals surface area contributed by atoms with Crippen LogP contribution in [0.15, 0.2) is 36.4 Å². The van der Waals surface area contributed by atoms with E-state index in [1.54, 1.807) is 18.4 Å². The fourth-order valence-electron chi connectivity index (χ4n) is 2.89. The van der Waals surface area contributed by atoms with Gasteiger partial charge >= 0.3 is 0 Å². The number of carbonyl (C=O) groups excluding carboxylic acids is 1. The molecule has 6 heteroatoms. The lowest BCUT2D eigenvalue weighted by Gasteiger charge is -2.22. The Balaban J connectivity index is 1.60. The average Bonchev–Trinajstić information content (AvgIpc) is 2.92. The minimum absolute atomic E-state index is 0.215. The van der Waals surface area contributed by atoms with Gasteiger partial charge in [-0.3, -0.25) is 9.69 Å². The molecule has 4 nitrogen and oxygen atoms in total. The predicted octanol–water partition coefficient (Wildman–Crippen LogP) is 3.64. The van der Waals surface area contributed by atoms with Gasteiger partial charge in [-0.05, 0) is 29.8 Å². The van der Waals surface area contributed by atoms with E-state index in [0.29, 0.717) is 13.0 Å². The first-order valence-corrected chi connectivity index (χ1v) is 9.21. The molecule has 1 saturated heterocycles. The number of ether oxygens (including phenoxy) is 1. The summed E-state index contributed by atoms with van der Waals surface area (Å²) in [5.41, 5.74) is 1.21. The molecule has 1 fully saturated rings. The van der Waals surface area contributed by atoms with Crippen LogP contribution in [-0.4, -0.2) is 42.5 Å². The van der Waals surface area contributed by atoms with E-state index in [2.05, 4.69) is 17.0 Å². The van der Waals surface area contributed by atoms with E-state index < -0.39 is 0 Å². The van der Waals surface area contributed by atoms with Gasteiger partial charge in [0.15, 0.2) is 0 Å². The zero-order valence-corrected chi connectivity index (χ0v) is 15.3. The van der Waals surface area contributed by atoms with Crippen molar-refractivity contribution in [3.8, 4) is 5.75 Å². The first-order valence-electron chi connectivity index (χ1n) is 8.01.